The maximum Gasteiger partial charge on any atom is 0.266 e. The Labute approximate surface area is 177 Å². The largest absolute Gasteiger partial charge is 0.354 e. The predicted octanol–water partition coefficient (Wildman–Crippen LogP) is 2.89. The van der Waals surface area contributed by atoms with E-state index in [4.69, 9.17) is 0 Å². The van der Waals surface area contributed by atoms with Gasteiger partial charge in [0.1, 0.15) is 0 Å². The van der Waals surface area contributed by atoms with Gasteiger partial charge >= 0.3 is 0 Å². The lowest BCUT2D eigenvalue weighted by Crippen LogP contribution is -2.49. The van der Waals surface area contributed by atoms with Gasteiger partial charge in [-0.05, 0) is 45.6 Å². The molecular weight excluding hydrogens is 376 g/mol. The molecule has 2 aromatic rings. The third-order valence-electron chi connectivity index (χ3n) is 6.39. The maximum absolute atomic E-state index is 13.2. The van der Waals surface area contributed by atoms with Gasteiger partial charge in [-0.25, -0.2) is 4.68 Å². The SMILES string of the molecule is CC(C)=CC[C@@]1(C(=O)NCCn2nc(-c3ccccc3)ccc2=O)C[C@@H]2CC[C@H]1N2. The number of carbonyl (C=O) groups excluding carboxylic acids is 1. The standard InChI is InChI=1S/C24H30N4O2/c1-17(2)12-13-24(16-19-8-10-21(24)26-19)23(30)25-14-15-28-22(29)11-9-20(27-28)18-6-4-3-5-7-18/h3-7,9,11-12,19,21,26H,8,10,13-16H2,1-2H3,(H,25,30)/t19-,21+,24+/m0/s1. The number of nitrogens with one attached hydrogen (secondary N) is 2. The zero-order valence-electron chi connectivity index (χ0n) is 17.7. The van der Waals surface area contributed by atoms with E-state index in [0.29, 0.717) is 19.1 Å². The molecule has 0 radical (unpaired) electrons. The smallest absolute Gasteiger partial charge is 0.266 e. The van der Waals surface area contributed by atoms with Crippen molar-refractivity contribution in [3.8, 4) is 11.3 Å². The summed E-state index contributed by atoms with van der Waals surface area (Å²) in [4.78, 5) is 25.5. The summed E-state index contributed by atoms with van der Waals surface area (Å²) in [6.07, 6.45) is 6.03. The van der Waals surface area contributed by atoms with E-state index in [0.717, 1.165) is 36.9 Å². The highest BCUT2D eigenvalue weighted by Crippen LogP contribution is 2.46. The number of hydrogen-bond donors (Lipinski definition) is 2. The highest BCUT2D eigenvalue weighted by atomic mass is 16.2. The molecule has 6 heteroatoms. The molecule has 0 spiro atoms. The first-order valence-corrected chi connectivity index (χ1v) is 10.8. The van der Waals surface area contributed by atoms with Gasteiger partial charge in [-0.1, -0.05) is 42.0 Å². The number of carbonyl (C=O) groups is 1. The summed E-state index contributed by atoms with van der Waals surface area (Å²) in [6, 6.07) is 13.7. The normalized spacial score (nSPS) is 24.6. The van der Waals surface area contributed by atoms with Gasteiger partial charge in [0.05, 0.1) is 17.7 Å². The molecule has 3 heterocycles. The Hall–Kier alpha value is -2.73. The van der Waals surface area contributed by atoms with Crippen molar-refractivity contribution in [3.05, 3.63) is 64.5 Å². The monoisotopic (exact) mass is 406 g/mol. The second-order valence-electron chi connectivity index (χ2n) is 8.74. The molecule has 3 atom stereocenters. The first kappa shape index (κ1) is 20.5. The Kier molecular flexibility index (Phi) is 5.86. The zero-order chi connectivity index (χ0) is 21.1. The van der Waals surface area contributed by atoms with Crippen LogP contribution in [0, 0.1) is 5.41 Å². The van der Waals surface area contributed by atoms with Crippen LogP contribution in [0.25, 0.3) is 11.3 Å². The fourth-order valence-corrected chi connectivity index (χ4v) is 4.78. The molecule has 2 fully saturated rings. The molecule has 2 bridgehead atoms. The van der Waals surface area contributed by atoms with Crippen LogP contribution in [0.15, 0.2) is 58.9 Å². The second kappa shape index (κ2) is 8.56. The maximum atomic E-state index is 13.2. The van der Waals surface area contributed by atoms with Gasteiger partial charge in [-0.3, -0.25) is 9.59 Å². The van der Waals surface area contributed by atoms with Crippen molar-refractivity contribution in [2.75, 3.05) is 6.54 Å². The molecule has 6 nitrogen and oxygen atoms in total. The molecular formula is C24H30N4O2. The van der Waals surface area contributed by atoms with E-state index < -0.39 is 0 Å². The first-order valence-electron chi connectivity index (χ1n) is 10.8. The molecule has 158 valence electrons. The van der Waals surface area contributed by atoms with Gasteiger partial charge in [0, 0.05) is 30.3 Å². The van der Waals surface area contributed by atoms with Crippen molar-refractivity contribution in [2.24, 2.45) is 5.41 Å². The molecule has 1 aromatic carbocycles. The van der Waals surface area contributed by atoms with Crippen molar-refractivity contribution in [2.45, 2.75) is 58.2 Å². The Morgan fingerprint density at radius 1 is 1.23 bits per heavy atom. The van der Waals surface area contributed by atoms with E-state index >= 15 is 0 Å². The lowest BCUT2D eigenvalue weighted by atomic mass is 9.70. The summed E-state index contributed by atoms with van der Waals surface area (Å²) in [6.45, 7) is 4.89. The number of allylic oxidation sites excluding steroid dienone is 2. The topological polar surface area (TPSA) is 76.0 Å². The number of benzene rings is 1. The average Bonchev–Trinajstić information content (AvgIpc) is 3.36. The van der Waals surface area contributed by atoms with Crippen LogP contribution in [-0.2, 0) is 11.3 Å². The number of hydrogen-bond acceptors (Lipinski definition) is 4. The highest BCUT2D eigenvalue weighted by molar-refractivity contribution is 5.84. The van der Waals surface area contributed by atoms with Crippen LogP contribution in [0.3, 0.4) is 0 Å². The number of fused-ring (bicyclic) bond motifs is 2. The van der Waals surface area contributed by atoms with E-state index in [9.17, 15) is 9.59 Å². The minimum Gasteiger partial charge on any atom is -0.354 e. The van der Waals surface area contributed by atoms with Crippen LogP contribution in [0.5, 0.6) is 0 Å². The van der Waals surface area contributed by atoms with Gasteiger partial charge in [-0.15, -0.1) is 0 Å². The molecule has 1 amide bonds. The van der Waals surface area contributed by atoms with Crippen LogP contribution < -0.4 is 16.2 Å². The summed E-state index contributed by atoms with van der Waals surface area (Å²) in [5, 5.41) is 11.2. The lowest BCUT2D eigenvalue weighted by Gasteiger charge is -2.34. The van der Waals surface area contributed by atoms with Crippen molar-refractivity contribution in [1.82, 2.24) is 20.4 Å². The molecule has 30 heavy (non-hydrogen) atoms. The number of rotatable bonds is 7. The fourth-order valence-electron chi connectivity index (χ4n) is 4.78. The molecule has 0 saturated carbocycles. The van der Waals surface area contributed by atoms with Crippen molar-refractivity contribution < 1.29 is 4.79 Å². The molecule has 2 aliphatic heterocycles. The average molecular weight is 407 g/mol. The molecule has 4 rings (SSSR count). The first-order chi connectivity index (χ1) is 14.5. The Morgan fingerprint density at radius 2 is 2.03 bits per heavy atom. The summed E-state index contributed by atoms with van der Waals surface area (Å²) in [5.41, 5.74) is 2.40. The highest BCUT2D eigenvalue weighted by Gasteiger charge is 2.54. The molecule has 1 aromatic heterocycles. The van der Waals surface area contributed by atoms with E-state index in [-0.39, 0.29) is 22.9 Å². The summed E-state index contributed by atoms with van der Waals surface area (Å²) in [7, 11) is 0. The van der Waals surface area contributed by atoms with Crippen LogP contribution in [0.2, 0.25) is 0 Å². The van der Waals surface area contributed by atoms with Crippen LogP contribution in [-0.4, -0.2) is 34.3 Å². The van der Waals surface area contributed by atoms with Crippen LogP contribution in [0.4, 0.5) is 0 Å². The summed E-state index contributed by atoms with van der Waals surface area (Å²) in [5.74, 6) is 0.0898. The fraction of sp³-hybridized carbons (Fsp3) is 0.458. The number of amides is 1. The van der Waals surface area contributed by atoms with Gasteiger partial charge in [-0.2, -0.15) is 5.10 Å². The van der Waals surface area contributed by atoms with Gasteiger partial charge in [0.15, 0.2) is 0 Å². The van der Waals surface area contributed by atoms with Crippen molar-refractivity contribution in [3.63, 3.8) is 0 Å². The number of aromatic nitrogens is 2. The molecule has 0 unspecified atom stereocenters. The molecule has 2 aliphatic rings. The van der Waals surface area contributed by atoms with E-state index in [2.05, 4.69) is 35.7 Å². The van der Waals surface area contributed by atoms with Crippen LogP contribution >= 0.6 is 0 Å². The Bertz CT molecular complexity index is 994. The van der Waals surface area contributed by atoms with Crippen LogP contribution in [0.1, 0.15) is 39.5 Å². The van der Waals surface area contributed by atoms with Gasteiger partial charge in [0.2, 0.25) is 5.91 Å². The third kappa shape index (κ3) is 4.10. The van der Waals surface area contributed by atoms with E-state index in [1.54, 1.807) is 6.07 Å². The molecule has 0 aliphatic carbocycles. The quantitative estimate of drug-likeness (QED) is 0.694. The van der Waals surface area contributed by atoms with E-state index in [1.165, 1.54) is 16.3 Å². The minimum atomic E-state index is -0.384. The minimum absolute atomic E-state index is 0.0898. The predicted molar refractivity (Wildman–Crippen MR) is 118 cm³/mol. The number of nitrogens with zero attached hydrogens (tertiary/aromatic N) is 2. The summed E-state index contributed by atoms with van der Waals surface area (Å²) < 4.78 is 1.43. The molecule has 2 N–H and O–H groups in total. The summed E-state index contributed by atoms with van der Waals surface area (Å²) >= 11 is 0. The van der Waals surface area contributed by atoms with Crippen molar-refractivity contribution >= 4 is 5.91 Å². The Morgan fingerprint density at radius 3 is 2.70 bits per heavy atom. The second-order valence-corrected chi connectivity index (χ2v) is 8.74. The Balaban J connectivity index is 1.44. The zero-order valence-corrected chi connectivity index (χ0v) is 17.7. The lowest BCUT2D eigenvalue weighted by molar-refractivity contribution is -0.132. The van der Waals surface area contributed by atoms with Gasteiger partial charge in [0.25, 0.3) is 5.56 Å². The van der Waals surface area contributed by atoms with Gasteiger partial charge < -0.3 is 10.6 Å². The van der Waals surface area contributed by atoms with E-state index in [1.807, 2.05) is 30.3 Å². The third-order valence-corrected chi connectivity index (χ3v) is 6.39. The van der Waals surface area contributed by atoms with Crippen molar-refractivity contribution in [1.29, 1.82) is 0 Å². The molecule has 2 saturated heterocycles.